The van der Waals surface area contributed by atoms with Gasteiger partial charge in [0.2, 0.25) is 0 Å². The van der Waals surface area contributed by atoms with Crippen LogP contribution < -0.4 is 0 Å². The van der Waals surface area contributed by atoms with Crippen molar-refractivity contribution in [2.75, 3.05) is 13.1 Å². The van der Waals surface area contributed by atoms with E-state index in [0.29, 0.717) is 0 Å². The summed E-state index contributed by atoms with van der Waals surface area (Å²) in [6.45, 7) is 2.40. The summed E-state index contributed by atoms with van der Waals surface area (Å²) < 4.78 is 0. The first-order chi connectivity index (χ1) is 12.3. The number of aromatic nitrogens is 1. The maximum absolute atomic E-state index is 13.3. The lowest BCUT2D eigenvalue weighted by Crippen LogP contribution is -2.46. The van der Waals surface area contributed by atoms with Gasteiger partial charge in [0.15, 0.2) is 0 Å². The third-order valence-electron chi connectivity index (χ3n) is 5.49. The van der Waals surface area contributed by atoms with Crippen LogP contribution in [0.15, 0.2) is 48.8 Å². The van der Waals surface area contributed by atoms with Gasteiger partial charge >= 0.3 is 6.03 Å². The molecule has 0 radical (unpaired) electrons. The molecule has 1 fully saturated rings. The number of pyridine rings is 1. The molecule has 0 saturated carbocycles. The molecular formula is C21H25N3O. The molecule has 3 heterocycles. The lowest BCUT2D eigenvalue weighted by atomic mass is 9.99. The average Bonchev–Trinajstić information content (AvgIpc) is 2.94. The van der Waals surface area contributed by atoms with E-state index in [9.17, 15) is 4.79 Å². The van der Waals surface area contributed by atoms with E-state index >= 15 is 0 Å². The Labute approximate surface area is 149 Å². The Balaban J connectivity index is 1.57. The highest BCUT2D eigenvalue weighted by atomic mass is 16.2. The van der Waals surface area contributed by atoms with E-state index in [2.05, 4.69) is 46.3 Å². The summed E-state index contributed by atoms with van der Waals surface area (Å²) in [5.41, 5.74) is 3.88. The summed E-state index contributed by atoms with van der Waals surface area (Å²) in [5.74, 6) is 0. The second-order valence-corrected chi connectivity index (χ2v) is 7.06. The highest BCUT2D eigenvalue weighted by molar-refractivity contribution is 5.75. The second kappa shape index (κ2) is 7.26. The Morgan fingerprint density at radius 3 is 2.60 bits per heavy atom. The highest BCUT2D eigenvalue weighted by Crippen LogP contribution is 2.31. The zero-order chi connectivity index (χ0) is 17.1. The normalized spacial score (nSPS) is 20.7. The van der Waals surface area contributed by atoms with E-state index in [1.54, 1.807) is 0 Å². The van der Waals surface area contributed by atoms with E-state index in [0.717, 1.165) is 38.9 Å². The number of nitrogens with zero attached hydrogens (tertiary/aromatic N) is 3. The molecule has 25 heavy (non-hydrogen) atoms. The standard InChI is InChI=1S/C21H25N3O/c25-21(23-15-11-17-6-3-4-7-19(17)16-23)24-14-5-1-2-8-20(24)18-9-12-22-13-10-18/h3-4,6-7,9-10,12-13,20H,1-2,5,8,11,14-16H2/t20-/m1/s1. The molecule has 0 spiro atoms. The number of hydrogen-bond acceptors (Lipinski definition) is 2. The van der Waals surface area contributed by atoms with Crippen molar-refractivity contribution in [1.82, 2.24) is 14.8 Å². The molecule has 1 atom stereocenters. The minimum absolute atomic E-state index is 0.176. The molecule has 4 rings (SSSR count). The van der Waals surface area contributed by atoms with Gasteiger partial charge in [-0.25, -0.2) is 4.79 Å². The largest absolute Gasteiger partial charge is 0.320 e. The number of amides is 2. The Morgan fingerprint density at radius 2 is 1.76 bits per heavy atom. The summed E-state index contributed by atoms with van der Waals surface area (Å²) in [5, 5.41) is 0. The van der Waals surface area contributed by atoms with Crippen LogP contribution in [0.1, 0.15) is 48.4 Å². The molecule has 2 aromatic rings. The monoisotopic (exact) mass is 335 g/mol. The lowest BCUT2D eigenvalue weighted by Gasteiger charge is -2.37. The number of carbonyl (C=O) groups excluding carboxylic acids is 1. The SMILES string of the molecule is O=C(N1CCc2ccccc2C1)N1CCCCC[C@@H]1c1ccncc1. The van der Waals surface area contributed by atoms with Crippen LogP contribution in [0, 0.1) is 0 Å². The van der Waals surface area contributed by atoms with Crippen molar-refractivity contribution in [2.45, 2.75) is 44.7 Å². The van der Waals surface area contributed by atoms with E-state index in [1.165, 1.54) is 29.5 Å². The zero-order valence-electron chi connectivity index (χ0n) is 14.6. The van der Waals surface area contributed by atoms with Crippen molar-refractivity contribution in [1.29, 1.82) is 0 Å². The predicted octanol–water partition coefficient (Wildman–Crippen LogP) is 4.18. The van der Waals surface area contributed by atoms with Crippen molar-refractivity contribution in [3.8, 4) is 0 Å². The van der Waals surface area contributed by atoms with Crippen LogP contribution in [-0.4, -0.2) is 33.9 Å². The van der Waals surface area contributed by atoms with Crippen LogP contribution in [-0.2, 0) is 13.0 Å². The molecule has 2 aliphatic heterocycles. The van der Waals surface area contributed by atoms with Gasteiger partial charge in [0.25, 0.3) is 0 Å². The van der Waals surface area contributed by atoms with E-state index in [-0.39, 0.29) is 12.1 Å². The molecular weight excluding hydrogens is 310 g/mol. The van der Waals surface area contributed by atoms with Gasteiger partial charge in [-0.2, -0.15) is 0 Å². The molecule has 0 aliphatic carbocycles. The number of hydrogen-bond donors (Lipinski definition) is 0. The molecule has 130 valence electrons. The fourth-order valence-electron chi connectivity index (χ4n) is 4.11. The molecule has 1 aromatic heterocycles. The minimum Gasteiger partial charge on any atom is -0.320 e. The number of fused-ring (bicyclic) bond motifs is 1. The summed E-state index contributed by atoms with van der Waals surface area (Å²) in [4.78, 5) is 21.6. The zero-order valence-corrected chi connectivity index (χ0v) is 14.6. The average molecular weight is 335 g/mol. The first-order valence-corrected chi connectivity index (χ1v) is 9.35. The first-order valence-electron chi connectivity index (χ1n) is 9.35. The Morgan fingerprint density at radius 1 is 0.960 bits per heavy atom. The highest BCUT2D eigenvalue weighted by Gasteiger charge is 2.31. The molecule has 4 heteroatoms. The predicted molar refractivity (Wildman–Crippen MR) is 98.1 cm³/mol. The number of benzene rings is 1. The smallest absolute Gasteiger partial charge is 0.320 e. The van der Waals surface area contributed by atoms with E-state index in [4.69, 9.17) is 0 Å². The maximum atomic E-state index is 13.3. The molecule has 0 N–H and O–H groups in total. The Kier molecular flexibility index (Phi) is 4.68. The summed E-state index contributed by atoms with van der Waals surface area (Å²) in [6.07, 6.45) is 9.14. The van der Waals surface area contributed by atoms with E-state index < -0.39 is 0 Å². The van der Waals surface area contributed by atoms with Gasteiger partial charge < -0.3 is 9.80 Å². The van der Waals surface area contributed by atoms with Gasteiger partial charge in [0, 0.05) is 32.0 Å². The van der Waals surface area contributed by atoms with Crippen molar-refractivity contribution in [3.63, 3.8) is 0 Å². The molecule has 1 aromatic carbocycles. The van der Waals surface area contributed by atoms with Gasteiger partial charge in [0.1, 0.15) is 0 Å². The van der Waals surface area contributed by atoms with Gasteiger partial charge in [-0.3, -0.25) is 4.98 Å². The van der Waals surface area contributed by atoms with Gasteiger partial charge in [0.05, 0.1) is 6.04 Å². The van der Waals surface area contributed by atoms with Gasteiger partial charge in [-0.15, -0.1) is 0 Å². The molecule has 4 nitrogen and oxygen atoms in total. The number of carbonyl (C=O) groups is 1. The Bertz CT molecular complexity index is 731. The number of likely N-dealkylation sites (tertiary alicyclic amines) is 1. The molecule has 1 saturated heterocycles. The fourth-order valence-corrected chi connectivity index (χ4v) is 4.11. The summed E-state index contributed by atoms with van der Waals surface area (Å²) >= 11 is 0. The number of rotatable bonds is 1. The van der Waals surface area contributed by atoms with E-state index in [1.807, 2.05) is 17.3 Å². The van der Waals surface area contributed by atoms with Crippen LogP contribution in [0.25, 0.3) is 0 Å². The number of urea groups is 1. The summed E-state index contributed by atoms with van der Waals surface area (Å²) in [7, 11) is 0. The molecule has 0 unspecified atom stereocenters. The van der Waals surface area contributed by atoms with Crippen LogP contribution in [0.4, 0.5) is 4.79 Å². The van der Waals surface area contributed by atoms with Crippen LogP contribution in [0.3, 0.4) is 0 Å². The second-order valence-electron chi connectivity index (χ2n) is 7.06. The van der Waals surface area contributed by atoms with Crippen molar-refractivity contribution in [2.24, 2.45) is 0 Å². The minimum atomic E-state index is 0.176. The molecule has 0 bridgehead atoms. The molecule has 2 amide bonds. The quantitative estimate of drug-likeness (QED) is 0.784. The molecule has 2 aliphatic rings. The van der Waals surface area contributed by atoms with Crippen LogP contribution >= 0.6 is 0 Å². The van der Waals surface area contributed by atoms with Gasteiger partial charge in [-0.05, 0) is 48.1 Å². The van der Waals surface area contributed by atoms with Crippen molar-refractivity contribution < 1.29 is 4.79 Å². The van der Waals surface area contributed by atoms with Crippen molar-refractivity contribution >= 4 is 6.03 Å². The Hall–Kier alpha value is -2.36. The maximum Gasteiger partial charge on any atom is 0.320 e. The van der Waals surface area contributed by atoms with Crippen LogP contribution in [0.5, 0.6) is 0 Å². The third-order valence-corrected chi connectivity index (χ3v) is 5.49. The fraction of sp³-hybridized carbons (Fsp3) is 0.429. The summed E-state index contributed by atoms with van der Waals surface area (Å²) in [6, 6.07) is 13.0. The first kappa shape index (κ1) is 16.1. The van der Waals surface area contributed by atoms with Crippen LogP contribution in [0.2, 0.25) is 0 Å². The third kappa shape index (κ3) is 3.39. The topological polar surface area (TPSA) is 36.4 Å². The lowest BCUT2D eigenvalue weighted by molar-refractivity contribution is 0.129. The van der Waals surface area contributed by atoms with Gasteiger partial charge in [-0.1, -0.05) is 37.1 Å². The van der Waals surface area contributed by atoms with Crippen molar-refractivity contribution in [3.05, 3.63) is 65.5 Å².